The summed E-state index contributed by atoms with van der Waals surface area (Å²) in [4.78, 5) is 48.5. The maximum absolute atomic E-state index is 11.6. The molecule has 0 radical (unpaired) electrons. The largest absolute Gasteiger partial charge is 0.463 e. The molecule has 62 heavy (non-hydrogen) atoms. The van der Waals surface area contributed by atoms with E-state index in [0.717, 1.165) is 11.1 Å². The molecule has 6 aromatic rings. The quantitative estimate of drug-likeness (QED) is 0.116. The van der Waals surface area contributed by atoms with Gasteiger partial charge in [0.15, 0.2) is 32.8 Å². The molecule has 4 bridgehead atoms. The van der Waals surface area contributed by atoms with Crippen LogP contribution in [0.15, 0.2) is 86.0 Å². The lowest BCUT2D eigenvalue weighted by molar-refractivity contribution is -0.193. The highest BCUT2D eigenvalue weighted by Crippen LogP contribution is 2.49. The van der Waals surface area contributed by atoms with Crippen molar-refractivity contribution in [3.63, 3.8) is 0 Å². The molecule has 4 fully saturated rings. The molecule has 2 unspecified atom stereocenters. The fraction of sp³-hybridized carbons (Fsp3) is 0.429. The molecule has 20 heteroatoms. The normalized spacial score (nSPS) is 27.5. The molecular formula is C42H42Cl2N8O10. The maximum atomic E-state index is 11.6. The first kappa shape index (κ1) is 42.1. The third kappa shape index (κ3) is 8.24. The van der Waals surface area contributed by atoms with Crippen LogP contribution in [0.2, 0.25) is 10.3 Å². The molecule has 324 valence electrons. The first-order valence-corrected chi connectivity index (χ1v) is 20.7. The molecule has 10 rings (SSSR count). The molecule has 0 aliphatic carbocycles. The summed E-state index contributed by atoms with van der Waals surface area (Å²) in [5.74, 6) is -1.12. The van der Waals surface area contributed by atoms with Crippen LogP contribution in [0.1, 0.15) is 37.4 Å². The van der Waals surface area contributed by atoms with Crippen molar-refractivity contribution in [3.8, 4) is 0 Å². The Balaban J connectivity index is 0.000000158. The number of nitrogens with zero attached hydrogens (tertiary/aromatic N) is 8. The van der Waals surface area contributed by atoms with E-state index in [9.17, 15) is 9.59 Å². The Kier molecular flexibility index (Phi) is 12.2. The van der Waals surface area contributed by atoms with Crippen LogP contribution >= 0.6 is 23.2 Å². The Morgan fingerprint density at radius 2 is 1.06 bits per heavy atom. The van der Waals surface area contributed by atoms with Crippen molar-refractivity contribution in [2.45, 2.75) is 62.9 Å². The zero-order valence-electron chi connectivity index (χ0n) is 33.6. The van der Waals surface area contributed by atoms with Gasteiger partial charge in [0.25, 0.3) is 0 Å². The van der Waals surface area contributed by atoms with Crippen LogP contribution < -0.4 is 0 Å². The fourth-order valence-corrected chi connectivity index (χ4v) is 8.91. The Morgan fingerprint density at radius 1 is 0.645 bits per heavy atom. The van der Waals surface area contributed by atoms with Crippen LogP contribution in [0.25, 0.3) is 22.3 Å². The molecule has 4 aliphatic heterocycles. The van der Waals surface area contributed by atoms with E-state index in [-0.39, 0.29) is 60.8 Å². The highest BCUT2D eigenvalue weighted by atomic mass is 35.5. The van der Waals surface area contributed by atoms with Crippen molar-refractivity contribution in [2.75, 3.05) is 39.6 Å². The molecule has 4 saturated heterocycles. The van der Waals surface area contributed by atoms with Gasteiger partial charge in [-0.2, -0.15) is 0 Å². The van der Waals surface area contributed by atoms with Gasteiger partial charge in [-0.1, -0.05) is 83.9 Å². The van der Waals surface area contributed by atoms with Gasteiger partial charge in [-0.15, -0.1) is 0 Å². The number of hydrogen-bond acceptors (Lipinski definition) is 16. The summed E-state index contributed by atoms with van der Waals surface area (Å²) < 4.78 is 51.8. The molecule has 2 aromatic carbocycles. The third-order valence-electron chi connectivity index (χ3n) is 11.3. The van der Waals surface area contributed by atoms with Crippen molar-refractivity contribution >= 4 is 57.5 Å². The molecule has 0 amide bonds. The number of fused-ring (bicyclic) bond motifs is 6. The van der Waals surface area contributed by atoms with E-state index in [0.29, 0.717) is 48.8 Å². The topological polar surface area (TPSA) is 195 Å². The fourth-order valence-electron chi connectivity index (χ4n) is 8.56. The number of ether oxygens (including phenoxy) is 8. The second-order valence-corrected chi connectivity index (χ2v) is 16.2. The molecule has 0 saturated carbocycles. The van der Waals surface area contributed by atoms with E-state index >= 15 is 0 Å². The summed E-state index contributed by atoms with van der Waals surface area (Å²) in [6.45, 7) is 4.92. The Bertz CT molecular complexity index is 2360. The van der Waals surface area contributed by atoms with Gasteiger partial charge in [0.05, 0.1) is 64.1 Å². The molecule has 0 N–H and O–H groups in total. The lowest BCUT2D eigenvalue weighted by Gasteiger charge is -2.37. The number of imidazole rings is 2. The standard InChI is InChI=1S/2C21H21ClN4O5/c2*1-13(27)30-10-21-9-28-8-15(17(21)29-7-14-5-3-2-4-6-14)20(31-21)26-12-25-16-18(22)23-11-24-19(16)26/h2*2-6,11-12,15,17,20H,7-10H2,1H3/t15?,17-,20+,21-;15?,17-,20-,21-/m11/s1. The van der Waals surface area contributed by atoms with Crippen LogP contribution in [0.5, 0.6) is 0 Å². The SMILES string of the molecule is CC(=O)OC[C@@]12COCC([C@H](n3cnc4c(Cl)ncnc43)O1)[C@H]2OCc1ccccc1.CC(=O)OC[C@]12COCC([C@H]1OCc1ccccc1)[C@@H](n1cnc3c(Cl)ncnc31)O2. The van der Waals surface area contributed by atoms with E-state index in [1.165, 1.54) is 26.5 Å². The highest BCUT2D eigenvalue weighted by molar-refractivity contribution is 6.33. The molecule has 0 spiro atoms. The van der Waals surface area contributed by atoms with Gasteiger partial charge < -0.3 is 37.9 Å². The third-order valence-corrected chi connectivity index (χ3v) is 11.9. The van der Waals surface area contributed by atoms with Crippen LogP contribution in [0, 0.1) is 11.8 Å². The number of aromatic nitrogens is 8. The molecule has 8 heterocycles. The molecule has 4 aliphatic rings. The zero-order valence-corrected chi connectivity index (χ0v) is 35.1. The van der Waals surface area contributed by atoms with Crippen molar-refractivity contribution in [1.29, 1.82) is 0 Å². The Labute approximate surface area is 364 Å². The summed E-state index contributed by atoms with van der Waals surface area (Å²) in [7, 11) is 0. The second-order valence-electron chi connectivity index (χ2n) is 15.5. The average Bonchev–Trinajstić information content (AvgIpc) is 3.99. The van der Waals surface area contributed by atoms with Crippen molar-refractivity contribution < 1.29 is 47.5 Å². The van der Waals surface area contributed by atoms with Gasteiger partial charge in [0.1, 0.15) is 61.6 Å². The van der Waals surface area contributed by atoms with E-state index in [2.05, 4.69) is 29.9 Å². The van der Waals surface area contributed by atoms with Crippen LogP contribution in [0.4, 0.5) is 0 Å². The van der Waals surface area contributed by atoms with Gasteiger partial charge in [-0.3, -0.25) is 18.7 Å². The minimum atomic E-state index is -0.943. The Hall–Kier alpha value is -5.18. The summed E-state index contributed by atoms with van der Waals surface area (Å²) in [5, 5.41) is 0.542. The number of hydrogen-bond donors (Lipinski definition) is 0. The van der Waals surface area contributed by atoms with E-state index in [1.807, 2.05) is 69.8 Å². The van der Waals surface area contributed by atoms with Crippen LogP contribution in [0.3, 0.4) is 0 Å². The van der Waals surface area contributed by atoms with Gasteiger partial charge in [0, 0.05) is 13.8 Å². The van der Waals surface area contributed by atoms with E-state index in [1.54, 1.807) is 12.7 Å². The van der Waals surface area contributed by atoms with Gasteiger partial charge in [0.2, 0.25) is 0 Å². The van der Waals surface area contributed by atoms with Crippen LogP contribution in [-0.2, 0) is 60.7 Å². The second kappa shape index (κ2) is 17.9. The van der Waals surface area contributed by atoms with E-state index < -0.39 is 35.6 Å². The Morgan fingerprint density at radius 3 is 1.47 bits per heavy atom. The average molecular weight is 890 g/mol. The molecule has 8 atom stereocenters. The maximum Gasteiger partial charge on any atom is 0.302 e. The number of halogens is 2. The first-order chi connectivity index (χ1) is 30.1. The number of carbonyl (C=O) groups excluding carboxylic acids is 2. The van der Waals surface area contributed by atoms with Crippen molar-refractivity contribution in [2.24, 2.45) is 11.8 Å². The molecular weight excluding hydrogens is 847 g/mol. The minimum absolute atomic E-state index is 0.0250. The predicted molar refractivity (Wildman–Crippen MR) is 218 cm³/mol. The van der Waals surface area contributed by atoms with Crippen molar-refractivity contribution in [3.05, 3.63) is 107 Å². The minimum Gasteiger partial charge on any atom is -0.463 e. The number of carbonyl (C=O) groups is 2. The lowest BCUT2D eigenvalue weighted by Crippen LogP contribution is -2.54. The summed E-state index contributed by atoms with van der Waals surface area (Å²) in [5.41, 5.74) is 2.30. The summed E-state index contributed by atoms with van der Waals surface area (Å²) >= 11 is 12.3. The van der Waals surface area contributed by atoms with Gasteiger partial charge in [-0.25, -0.2) is 29.9 Å². The first-order valence-electron chi connectivity index (χ1n) is 19.9. The van der Waals surface area contributed by atoms with E-state index in [4.69, 9.17) is 61.1 Å². The predicted octanol–water partition coefficient (Wildman–Crippen LogP) is 5.08. The number of esters is 2. The van der Waals surface area contributed by atoms with Crippen LogP contribution in [-0.4, -0.2) is 114 Å². The van der Waals surface area contributed by atoms with Crippen molar-refractivity contribution in [1.82, 2.24) is 39.0 Å². The summed E-state index contributed by atoms with van der Waals surface area (Å²) in [6.07, 6.45) is 4.36. The highest BCUT2D eigenvalue weighted by Gasteiger charge is 2.62. The van der Waals surface area contributed by atoms with Gasteiger partial charge in [-0.05, 0) is 11.1 Å². The number of rotatable bonds is 12. The lowest BCUT2D eigenvalue weighted by atomic mass is 9.88. The summed E-state index contributed by atoms with van der Waals surface area (Å²) in [6, 6.07) is 19.8. The number of benzene rings is 2. The molecule has 4 aromatic heterocycles. The monoisotopic (exact) mass is 888 g/mol. The van der Waals surface area contributed by atoms with Gasteiger partial charge >= 0.3 is 11.9 Å². The molecule has 18 nitrogen and oxygen atoms in total. The zero-order chi connectivity index (χ0) is 42.8. The smallest absolute Gasteiger partial charge is 0.302 e.